The molecule has 8 heteroatoms. The number of benzene rings is 2. The van der Waals surface area contributed by atoms with Crippen molar-refractivity contribution in [3.05, 3.63) is 68.5 Å². The number of aromatic nitrogens is 1. The lowest BCUT2D eigenvalue weighted by atomic mass is 10.2. The molecule has 1 N–H and O–H groups in total. The van der Waals surface area contributed by atoms with Gasteiger partial charge in [0.2, 0.25) is 6.79 Å². The fourth-order valence-electron chi connectivity index (χ4n) is 3.37. The standard InChI is InChI=1S/C22H20IN3O4/c1-13-8-16(11-24-25-22(27)15-4-6-18(23)20(9-15)28-3)14(2)26(13)17-5-7-19-21(10-17)30-12-29-19/h4-11H,12H2,1-3H3,(H,25,27)/b24-11-. The van der Waals surface area contributed by atoms with Crippen molar-refractivity contribution in [2.75, 3.05) is 13.9 Å². The van der Waals surface area contributed by atoms with E-state index < -0.39 is 0 Å². The van der Waals surface area contributed by atoms with Crippen LogP contribution in [0, 0.1) is 17.4 Å². The van der Waals surface area contributed by atoms with Crippen molar-refractivity contribution in [1.82, 2.24) is 9.99 Å². The zero-order valence-corrected chi connectivity index (χ0v) is 18.9. The van der Waals surface area contributed by atoms with Crippen LogP contribution in [0.4, 0.5) is 0 Å². The number of hydrogen-bond acceptors (Lipinski definition) is 5. The molecule has 0 bridgehead atoms. The van der Waals surface area contributed by atoms with Crippen LogP contribution in [0.15, 0.2) is 47.6 Å². The molecule has 2 heterocycles. The molecule has 0 unspecified atom stereocenters. The summed E-state index contributed by atoms with van der Waals surface area (Å²) in [6.45, 7) is 4.27. The first-order valence-corrected chi connectivity index (χ1v) is 10.3. The van der Waals surface area contributed by atoms with Gasteiger partial charge in [-0.2, -0.15) is 5.10 Å². The lowest BCUT2D eigenvalue weighted by molar-refractivity contribution is 0.0954. The summed E-state index contributed by atoms with van der Waals surface area (Å²) in [5.74, 6) is 1.83. The minimum atomic E-state index is -0.300. The molecule has 1 aliphatic heterocycles. The van der Waals surface area contributed by atoms with E-state index in [1.807, 2.05) is 44.2 Å². The van der Waals surface area contributed by atoms with Gasteiger partial charge in [-0.05, 0) is 72.8 Å². The predicted octanol–water partition coefficient (Wildman–Crippen LogP) is 4.20. The first kappa shape index (κ1) is 20.3. The average molecular weight is 517 g/mol. The van der Waals surface area contributed by atoms with Crippen LogP contribution in [0.25, 0.3) is 5.69 Å². The number of nitrogens with zero attached hydrogens (tertiary/aromatic N) is 2. The van der Waals surface area contributed by atoms with Crippen LogP contribution in [0.3, 0.4) is 0 Å². The smallest absolute Gasteiger partial charge is 0.271 e. The summed E-state index contributed by atoms with van der Waals surface area (Å²) >= 11 is 2.16. The fourth-order valence-corrected chi connectivity index (χ4v) is 3.92. The molecule has 0 radical (unpaired) electrons. The molecule has 0 spiro atoms. The molecule has 7 nitrogen and oxygen atoms in total. The number of aryl methyl sites for hydroxylation is 1. The topological polar surface area (TPSA) is 74.1 Å². The molecule has 3 aromatic rings. The SMILES string of the molecule is COc1cc(C(=O)N/N=C\c2cc(C)n(-c3ccc4c(c3)OCO4)c2C)ccc1I. The van der Waals surface area contributed by atoms with Gasteiger partial charge in [-0.1, -0.05) is 0 Å². The van der Waals surface area contributed by atoms with Crippen molar-refractivity contribution in [3.63, 3.8) is 0 Å². The second-order valence-corrected chi connectivity index (χ2v) is 7.91. The van der Waals surface area contributed by atoms with Crippen LogP contribution in [-0.2, 0) is 0 Å². The zero-order chi connectivity index (χ0) is 21.3. The highest BCUT2D eigenvalue weighted by Gasteiger charge is 2.16. The van der Waals surface area contributed by atoms with E-state index in [0.29, 0.717) is 11.3 Å². The molecule has 1 aromatic heterocycles. The third kappa shape index (κ3) is 3.87. The Morgan fingerprint density at radius 3 is 2.77 bits per heavy atom. The number of hydrogen-bond donors (Lipinski definition) is 1. The van der Waals surface area contributed by atoms with Gasteiger partial charge in [0.1, 0.15) is 5.75 Å². The number of amides is 1. The van der Waals surface area contributed by atoms with Crippen LogP contribution in [0.5, 0.6) is 17.2 Å². The van der Waals surface area contributed by atoms with E-state index >= 15 is 0 Å². The van der Waals surface area contributed by atoms with Gasteiger partial charge >= 0.3 is 0 Å². The van der Waals surface area contributed by atoms with Crippen LogP contribution < -0.4 is 19.6 Å². The van der Waals surface area contributed by atoms with Crippen LogP contribution in [0.1, 0.15) is 27.3 Å². The Balaban J connectivity index is 1.52. The van der Waals surface area contributed by atoms with E-state index in [1.165, 1.54) is 0 Å². The van der Waals surface area contributed by atoms with Gasteiger partial charge in [0, 0.05) is 34.3 Å². The Morgan fingerprint density at radius 2 is 1.97 bits per heavy atom. The lowest BCUT2D eigenvalue weighted by Crippen LogP contribution is -2.17. The average Bonchev–Trinajstić information content (AvgIpc) is 3.31. The summed E-state index contributed by atoms with van der Waals surface area (Å²) in [5.41, 5.74) is 6.98. The van der Waals surface area contributed by atoms with Gasteiger partial charge in [0.25, 0.3) is 5.91 Å². The van der Waals surface area contributed by atoms with Gasteiger partial charge in [-0.15, -0.1) is 0 Å². The number of ether oxygens (including phenoxy) is 3. The predicted molar refractivity (Wildman–Crippen MR) is 122 cm³/mol. The molecule has 4 rings (SSSR count). The Labute approximate surface area is 187 Å². The van der Waals surface area contributed by atoms with E-state index in [9.17, 15) is 4.79 Å². The van der Waals surface area contributed by atoms with Gasteiger partial charge in [-0.3, -0.25) is 4.79 Å². The number of nitrogens with one attached hydrogen (secondary N) is 1. The molecule has 0 aliphatic carbocycles. The summed E-state index contributed by atoms with van der Waals surface area (Å²) < 4.78 is 19.2. The van der Waals surface area contributed by atoms with Crippen molar-refractivity contribution >= 4 is 34.7 Å². The highest BCUT2D eigenvalue weighted by molar-refractivity contribution is 14.1. The quantitative estimate of drug-likeness (QED) is 0.313. The molecular weight excluding hydrogens is 497 g/mol. The summed E-state index contributed by atoms with van der Waals surface area (Å²) in [4.78, 5) is 12.4. The number of fused-ring (bicyclic) bond motifs is 1. The Morgan fingerprint density at radius 1 is 1.17 bits per heavy atom. The monoisotopic (exact) mass is 517 g/mol. The molecule has 1 amide bonds. The number of carbonyl (C=O) groups excluding carboxylic acids is 1. The molecule has 2 aromatic carbocycles. The zero-order valence-electron chi connectivity index (χ0n) is 16.7. The molecule has 154 valence electrons. The third-order valence-electron chi connectivity index (χ3n) is 4.87. The Kier molecular flexibility index (Phi) is 5.67. The van der Waals surface area contributed by atoms with Crippen LogP contribution in [-0.4, -0.2) is 30.6 Å². The van der Waals surface area contributed by atoms with E-state index in [1.54, 1.807) is 25.5 Å². The van der Waals surface area contributed by atoms with E-state index in [-0.39, 0.29) is 12.7 Å². The van der Waals surface area contributed by atoms with Crippen molar-refractivity contribution in [2.24, 2.45) is 5.10 Å². The van der Waals surface area contributed by atoms with Gasteiger partial charge in [-0.25, -0.2) is 5.43 Å². The Bertz CT molecular complexity index is 1150. The maximum absolute atomic E-state index is 12.4. The van der Waals surface area contributed by atoms with Crippen molar-refractivity contribution in [2.45, 2.75) is 13.8 Å². The number of hydrazone groups is 1. The maximum Gasteiger partial charge on any atom is 0.271 e. The molecule has 0 saturated carbocycles. The normalized spacial score (nSPS) is 12.4. The van der Waals surface area contributed by atoms with Crippen molar-refractivity contribution in [3.8, 4) is 22.9 Å². The maximum atomic E-state index is 12.4. The minimum Gasteiger partial charge on any atom is -0.496 e. The highest BCUT2D eigenvalue weighted by Crippen LogP contribution is 2.34. The first-order valence-electron chi connectivity index (χ1n) is 9.24. The molecule has 0 atom stereocenters. The highest BCUT2D eigenvalue weighted by atomic mass is 127. The largest absolute Gasteiger partial charge is 0.496 e. The third-order valence-corrected chi connectivity index (χ3v) is 5.76. The second kappa shape index (κ2) is 8.39. The lowest BCUT2D eigenvalue weighted by Gasteiger charge is -2.10. The van der Waals surface area contributed by atoms with Crippen LogP contribution in [0.2, 0.25) is 0 Å². The molecule has 30 heavy (non-hydrogen) atoms. The molecule has 1 aliphatic rings. The number of methoxy groups -OCH3 is 1. The van der Waals surface area contributed by atoms with E-state index in [0.717, 1.165) is 37.7 Å². The first-order chi connectivity index (χ1) is 14.5. The van der Waals surface area contributed by atoms with Crippen molar-refractivity contribution in [1.29, 1.82) is 0 Å². The minimum absolute atomic E-state index is 0.243. The van der Waals surface area contributed by atoms with Gasteiger partial charge in [0.15, 0.2) is 11.5 Å². The number of halogens is 1. The van der Waals surface area contributed by atoms with Gasteiger partial charge < -0.3 is 18.8 Å². The van der Waals surface area contributed by atoms with Crippen molar-refractivity contribution < 1.29 is 19.0 Å². The number of rotatable bonds is 5. The molecule has 0 saturated heterocycles. The summed E-state index contributed by atoms with van der Waals surface area (Å²) in [6.07, 6.45) is 1.65. The Hall–Kier alpha value is -3.01. The summed E-state index contributed by atoms with van der Waals surface area (Å²) in [6, 6.07) is 13.1. The van der Waals surface area contributed by atoms with Crippen LogP contribution >= 0.6 is 22.6 Å². The van der Waals surface area contributed by atoms with E-state index in [4.69, 9.17) is 14.2 Å². The molecular formula is C22H20IN3O4. The summed E-state index contributed by atoms with van der Waals surface area (Å²) in [7, 11) is 1.58. The van der Waals surface area contributed by atoms with E-state index in [2.05, 4.69) is 37.7 Å². The molecule has 0 fully saturated rings. The second-order valence-electron chi connectivity index (χ2n) is 6.75. The fraction of sp³-hybridized carbons (Fsp3) is 0.182. The number of carbonyl (C=O) groups is 1. The summed E-state index contributed by atoms with van der Waals surface area (Å²) in [5, 5.41) is 4.14. The van der Waals surface area contributed by atoms with Gasteiger partial charge in [0.05, 0.1) is 16.9 Å².